The van der Waals surface area contributed by atoms with Gasteiger partial charge in [0.05, 0.1) is 5.56 Å². The number of hydrogen-bond donors (Lipinski definition) is 1. The van der Waals surface area contributed by atoms with Gasteiger partial charge in [0.1, 0.15) is 0 Å². The minimum Gasteiger partial charge on any atom is -0.454 e. The number of anilines is 1. The van der Waals surface area contributed by atoms with Crippen molar-refractivity contribution >= 4 is 23.3 Å². The van der Waals surface area contributed by atoms with Gasteiger partial charge in [-0.05, 0) is 57.0 Å². The van der Waals surface area contributed by atoms with Gasteiger partial charge in [0.25, 0.3) is 0 Å². The van der Waals surface area contributed by atoms with Gasteiger partial charge >= 0.3 is 5.97 Å². The second-order valence-electron chi connectivity index (χ2n) is 6.64. The highest BCUT2D eigenvalue weighted by molar-refractivity contribution is 6.00. The molecule has 1 amide bonds. The summed E-state index contributed by atoms with van der Waals surface area (Å²) in [5.74, 6) is -0.952. The third-order valence-corrected chi connectivity index (χ3v) is 4.47. The molecule has 26 heavy (non-hydrogen) atoms. The van der Waals surface area contributed by atoms with Gasteiger partial charge in [-0.25, -0.2) is 4.79 Å². The van der Waals surface area contributed by atoms with E-state index in [1.807, 2.05) is 19.9 Å². The lowest BCUT2D eigenvalue weighted by Crippen LogP contribution is -2.15. The highest BCUT2D eigenvalue weighted by Gasteiger charge is 2.28. The van der Waals surface area contributed by atoms with Crippen LogP contribution in [-0.2, 0) is 9.53 Å². The van der Waals surface area contributed by atoms with E-state index in [0.717, 1.165) is 24.2 Å². The molecule has 0 radical (unpaired) electrons. The molecule has 1 N–H and O–H groups in total. The molecule has 1 saturated carbocycles. The molecule has 6 nitrogen and oxygen atoms in total. The molecule has 0 saturated heterocycles. The van der Waals surface area contributed by atoms with Gasteiger partial charge in [-0.2, -0.15) is 0 Å². The lowest BCUT2D eigenvalue weighted by Gasteiger charge is -2.08. The smallest absolute Gasteiger partial charge is 0.338 e. The van der Waals surface area contributed by atoms with E-state index < -0.39 is 5.97 Å². The number of ketones is 1. The fourth-order valence-corrected chi connectivity index (χ4v) is 3.14. The highest BCUT2D eigenvalue weighted by Crippen LogP contribution is 2.38. The van der Waals surface area contributed by atoms with Crippen LogP contribution in [0.3, 0.4) is 0 Å². The van der Waals surface area contributed by atoms with E-state index in [4.69, 9.17) is 4.74 Å². The molecule has 0 unspecified atom stereocenters. The highest BCUT2D eigenvalue weighted by atomic mass is 16.5. The van der Waals surface area contributed by atoms with Crippen molar-refractivity contribution in [2.24, 2.45) is 0 Å². The van der Waals surface area contributed by atoms with Crippen molar-refractivity contribution < 1.29 is 19.1 Å². The van der Waals surface area contributed by atoms with Crippen LogP contribution in [0, 0.1) is 13.8 Å². The summed E-state index contributed by atoms with van der Waals surface area (Å²) in [4.78, 5) is 35.6. The lowest BCUT2D eigenvalue weighted by molar-refractivity contribution is -0.114. The summed E-state index contributed by atoms with van der Waals surface area (Å²) in [5.41, 5.74) is 3.54. The van der Waals surface area contributed by atoms with Gasteiger partial charge in [-0.15, -0.1) is 0 Å². The second-order valence-corrected chi connectivity index (χ2v) is 6.64. The molecule has 1 aliphatic rings. The van der Waals surface area contributed by atoms with E-state index in [-0.39, 0.29) is 18.3 Å². The molecule has 3 rings (SSSR count). The summed E-state index contributed by atoms with van der Waals surface area (Å²) in [6.07, 6.45) is 2.29. The number of nitrogens with zero attached hydrogens (tertiary/aromatic N) is 1. The van der Waals surface area contributed by atoms with Crippen molar-refractivity contribution in [3.05, 3.63) is 52.8 Å². The molecule has 1 aliphatic carbocycles. The van der Waals surface area contributed by atoms with E-state index in [0.29, 0.717) is 22.9 Å². The summed E-state index contributed by atoms with van der Waals surface area (Å²) in [7, 11) is 0. The minimum atomic E-state index is -0.566. The molecular weight excluding hydrogens is 332 g/mol. The molecule has 136 valence electrons. The van der Waals surface area contributed by atoms with Crippen LogP contribution >= 0.6 is 0 Å². The van der Waals surface area contributed by atoms with Crippen LogP contribution in [0.1, 0.15) is 57.9 Å². The van der Waals surface area contributed by atoms with Gasteiger partial charge in [0.2, 0.25) is 11.7 Å². The molecule has 1 aromatic carbocycles. The first-order valence-corrected chi connectivity index (χ1v) is 8.63. The van der Waals surface area contributed by atoms with Crippen LogP contribution in [0.15, 0.2) is 30.3 Å². The number of hydrogen-bond acceptors (Lipinski definition) is 4. The van der Waals surface area contributed by atoms with Gasteiger partial charge in [-0.1, -0.05) is 0 Å². The van der Waals surface area contributed by atoms with Gasteiger partial charge in [0, 0.05) is 35.6 Å². The van der Waals surface area contributed by atoms with Crippen LogP contribution in [0.5, 0.6) is 0 Å². The Balaban J connectivity index is 1.61. The lowest BCUT2D eigenvalue weighted by atomic mass is 10.1. The SMILES string of the molecule is CC(=O)Nc1ccc(C(=O)OCC(=O)c2cc(C)n(C3CC3)c2C)cc1. The molecule has 0 spiro atoms. The average Bonchev–Trinajstić information content (AvgIpc) is 3.37. The van der Waals surface area contributed by atoms with E-state index in [9.17, 15) is 14.4 Å². The van der Waals surface area contributed by atoms with Crippen molar-refractivity contribution in [1.29, 1.82) is 0 Å². The number of esters is 1. The molecule has 1 heterocycles. The van der Waals surface area contributed by atoms with Crippen molar-refractivity contribution in [2.45, 2.75) is 39.7 Å². The number of rotatable bonds is 6. The van der Waals surface area contributed by atoms with Crippen molar-refractivity contribution in [3.63, 3.8) is 0 Å². The Bertz CT molecular complexity index is 861. The summed E-state index contributed by atoms with van der Waals surface area (Å²) in [5, 5.41) is 2.62. The van der Waals surface area contributed by atoms with Crippen LogP contribution in [0.25, 0.3) is 0 Å². The van der Waals surface area contributed by atoms with Crippen LogP contribution in [0.2, 0.25) is 0 Å². The quantitative estimate of drug-likeness (QED) is 0.637. The van der Waals surface area contributed by atoms with Crippen molar-refractivity contribution in [3.8, 4) is 0 Å². The third kappa shape index (κ3) is 3.85. The standard InChI is InChI=1S/C20H22N2O4/c1-12-10-18(13(2)22(12)17-8-9-17)19(24)11-26-20(25)15-4-6-16(7-5-15)21-14(3)23/h4-7,10,17H,8-9,11H2,1-3H3,(H,21,23). The van der Waals surface area contributed by atoms with Crippen LogP contribution in [0.4, 0.5) is 5.69 Å². The van der Waals surface area contributed by atoms with E-state index in [1.165, 1.54) is 6.92 Å². The number of carbonyl (C=O) groups excluding carboxylic acids is 3. The molecule has 0 atom stereocenters. The Morgan fingerprint density at radius 3 is 2.38 bits per heavy atom. The van der Waals surface area contributed by atoms with E-state index in [2.05, 4.69) is 9.88 Å². The molecule has 1 aromatic heterocycles. The maximum absolute atomic E-state index is 12.4. The number of aryl methyl sites for hydroxylation is 1. The monoisotopic (exact) mass is 354 g/mol. The summed E-state index contributed by atoms with van der Waals surface area (Å²) in [6.45, 7) is 5.04. The molecule has 0 aliphatic heterocycles. The van der Waals surface area contributed by atoms with Gasteiger partial charge in [0.15, 0.2) is 6.61 Å². The largest absolute Gasteiger partial charge is 0.454 e. The second kappa shape index (κ2) is 7.15. The zero-order valence-electron chi connectivity index (χ0n) is 15.2. The Labute approximate surface area is 152 Å². The fraction of sp³-hybridized carbons (Fsp3) is 0.350. The number of Topliss-reactive ketones (excluding diaryl/α,β-unsaturated/α-hetero) is 1. The predicted molar refractivity (Wildman–Crippen MR) is 97.5 cm³/mol. The zero-order valence-corrected chi connectivity index (χ0v) is 15.2. The normalized spacial score (nSPS) is 13.3. The maximum atomic E-state index is 12.4. The summed E-state index contributed by atoms with van der Waals surface area (Å²) in [6, 6.07) is 8.70. The van der Waals surface area contributed by atoms with E-state index >= 15 is 0 Å². The Hall–Kier alpha value is -2.89. The van der Waals surface area contributed by atoms with E-state index in [1.54, 1.807) is 24.3 Å². The fourth-order valence-electron chi connectivity index (χ4n) is 3.14. The number of carbonyl (C=O) groups is 3. The maximum Gasteiger partial charge on any atom is 0.338 e. The first-order chi connectivity index (χ1) is 12.4. The Morgan fingerprint density at radius 1 is 1.15 bits per heavy atom. The minimum absolute atomic E-state index is 0.185. The number of amides is 1. The first-order valence-electron chi connectivity index (χ1n) is 8.63. The number of aromatic nitrogens is 1. The van der Waals surface area contributed by atoms with Crippen LogP contribution < -0.4 is 5.32 Å². The Morgan fingerprint density at radius 2 is 1.81 bits per heavy atom. The first kappa shape index (κ1) is 17.9. The summed E-state index contributed by atoms with van der Waals surface area (Å²) >= 11 is 0. The Kier molecular flexibility index (Phi) is 4.93. The summed E-state index contributed by atoms with van der Waals surface area (Å²) < 4.78 is 7.35. The predicted octanol–water partition coefficient (Wildman–Crippen LogP) is 3.44. The average molecular weight is 354 g/mol. The van der Waals surface area contributed by atoms with Gasteiger partial charge in [-0.3, -0.25) is 9.59 Å². The van der Waals surface area contributed by atoms with Crippen molar-refractivity contribution in [1.82, 2.24) is 4.57 Å². The molecule has 1 fully saturated rings. The van der Waals surface area contributed by atoms with Crippen molar-refractivity contribution in [2.75, 3.05) is 11.9 Å². The number of nitrogens with one attached hydrogen (secondary N) is 1. The molecule has 2 aromatic rings. The topological polar surface area (TPSA) is 77.4 Å². The van der Waals surface area contributed by atoms with Gasteiger partial charge < -0.3 is 14.6 Å². The number of benzene rings is 1. The van der Waals surface area contributed by atoms with Crippen LogP contribution in [-0.4, -0.2) is 28.8 Å². The molecule has 6 heteroatoms. The zero-order chi connectivity index (χ0) is 18.8. The molecular formula is C20H22N2O4. The molecule has 0 bridgehead atoms. The number of ether oxygens (including phenoxy) is 1. The third-order valence-electron chi connectivity index (χ3n) is 4.47.